The summed E-state index contributed by atoms with van der Waals surface area (Å²) in [5.41, 5.74) is 5.84. The third-order valence-electron chi connectivity index (χ3n) is 4.88. The van der Waals surface area contributed by atoms with E-state index in [1.807, 2.05) is 0 Å². The van der Waals surface area contributed by atoms with Gasteiger partial charge < -0.3 is 16.2 Å². The fourth-order valence-corrected chi connectivity index (χ4v) is 4.22. The van der Waals surface area contributed by atoms with Gasteiger partial charge in [-0.05, 0) is 30.7 Å². The summed E-state index contributed by atoms with van der Waals surface area (Å²) < 4.78 is 33.2. The van der Waals surface area contributed by atoms with Gasteiger partial charge in [0.15, 0.2) is 11.6 Å². The average molecular weight is 446 g/mol. The van der Waals surface area contributed by atoms with E-state index in [0.29, 0.717) is 5.56 Å². The quantitative estimate of drug-likeness (QED) is 0.215. The Morgan fingerprint density at radius 2 is 1.52 bits per heavy atom. The second-order valence-corrected chi connectivity index (χ2v) is 8.28. The molecule has 0 heterocycles. The molecule has 10 heteroatoms. The maximum atomic E-state index is 13.1. The van der Waals surface area contributed by atoms with Crippen LogP contribution in [0.25, 0.3) is 0 Å². The van der Waals surface area contributed by atoms with Crippen molar-refractivity contribution in [3.63, 3.8) is 0 Å². The molecule has 3 aromatic carbocycles. The molecular formula is C21H15N2NaO6S. The minimum Gasteiger partial charge on any atom is -0.871 e. The minimum atomic E-state index is -4.61. The largest absolute Gasteiger partial charge is 1.00 e. The number of ketones is 2. The second kappa shape index (κ2) is 8.10. The van der Waals surface area contributed by atoms with Gasteiger partial charge in [-0.25, -0.2) is 0 Å². The number of carbonyl (C=O) groups is 2. The van der Waals surface area contributed by atoms with Gasteiger partial charge in [-0.3, -0.25) is 14.1 Å². The zero-order chi connectivity index (χ0) is 21.8. The summed E-state index contributed by atoms with van der Waals surface area (Å²) in [7, 11) is -4.61. The summed E-state index contributed by atoms with van der Waals surface area (Å²) in [5.74, 6) is -1.80. The number of nitrogen functional groups attached to an aromatic ring is 1. The Kier molecular flexibility index (Phi) is 6.01. The van der Waals surface area contributed by atoms with Gasteiger partial charge in [-0.1, -0.05) is 36.1 Å². The Bertz CT molecular complexity index is 1370. The van der Waals surface area contributed by atoms with Crippen molar-refractivity contribution in [2.45, 2.75) is 11.8 Å². The molecule has 31 heavy (non-hydrogen) atoms. The summed E-state index contributed by atoms with van der Waals surface area (Å²) in [6, 6.07) is 11.4. The van der Waals surface area contributed by atoms with Gasteiger partial charge in [0.2, 0.25) is 0 Å². The summed E-state index contributed by atoms with van der Waals surface area (Å²) in [6.45, 7) is 1.64. The first-order valence-electron chi connectivity index (χ1n) is 8.76. The van der Waals surface area contributed by atoms with Crippen molar-refractivity contribution in [2.75, 3.05) is 11.1 Å². The van der Waals surface area contributed by atoms with Gasteiger partial charge in [0.25, 0.3) is 10.1 Å². The first-order chi connectivity index (χ1) is 14.1. The maximum Gasteiger partial charge on any atom is 1.00 e. The molecule has 8 nitrogen and oxygen atoms in total. The third kappa shape index (κ3) is 3.86. The Morgan fingerprint density at radius 1 is 0.935 bits per heavy atom. The fraction of sp³-hybridized carbons (Fsp3) is 0.0476. The summed E-state index contributed by atoms with van der Waals surface area (Å²) >= 11 is 0. The molecule has 4 rings (SSSR count). The molecule has 0 radical (unpaired) electrons. The predicted molar refractivity (Wildman–Crippen MR) is 108 cm³/mol. The number of hydrogen-bond acceptors (Lipinski definition) is 7. The van der Waals surface area contributed by atoms with Crippen LogP contribution in [0.3, 0.4) is 0 Å². The van der Waals surface area contributed by atoms with Crippen LogP contribution in [-0.2, 0) is 10.1 Å². The van der Waals surface area contributed by atoms with E-state index in [9.17, 15) is 27.7 Å². The van der Waals surface area contributed by atoms with Crippen LogP contribution in [0.4, 0.5) is 17.1 Å². The minimum absolute atomic E-state index is 0. The van der Waals surface area contributed by atoms with Gasteiger partial charge in [-0.15, -0.1) is 0 Å². The summed E-state index contributed by atoms with van der Waals surface area (Å²) in [6.07, 6.45) is 0. The van der Waals surface area contributed by atoms with E-state index >= 15 is 0 Å². The number of fused-ring (bicyclic) bond motifs is 2. The van der Waals surface area contributed by atoms with Crippen molar-refractivity contribution in [3.05, 3.63) is 76.3 Å². The molecule has 4 N–H and O–H groups in total. The number of nitrogens with one attached hydrogen (secondary N) is 1. The zero-order valence-electron chi connectivity index (χ0n) is 16.6. The molecule has 152 valence electrons. The van der Waals surface area contributed by atoms with E-state index in [2.05, 4.69) is 5.32 Å². The number of anilines is 3. The van der Waals surface area contributed by atoms with Crippen LogP contribution >= 0.6 is 0 Å². The van der Waals surface area contributed by atoms with Gasteiger partial charge >= 0.3 is 29.6 Å². The summed E-state index contributed by atoms with van der Waals surface area (Å²) in [5, 5.41) is 15.1. The van der Waals surface area contributed by atoms with Gasteiger partial charge in [0, 0.05) is 16.8 Å². The molecular weight excluding hydrogens is 431 g/mol. The predicted octanol–water partition coefficient (Wildman–Crippen LogP) is -0.579. The molecule has 0 atom stereocenters. The molecule has 0 unspecified atom stereocenters. The van der Waals surface area contributed by atoms with Crippen LogP contribution in [0.1, 0.15) is 37.4 Å². The Balaban J connectivity index is 0.00000272. The smallest absolute Gasteiger partial charge is 0.871 e. The number of hydrogen-bond donors (Lipinski definition) is 3. The van der Waals surface area contributed by atoms with Crippen LogP contribution < -0.4 is 45.7 Å². The molecule has 3 aromatic rings. The van der Waals surface area contributed by atoms with Crippen LogP contribution in [-0.4, -0.2) is 24.5 Å². The van der Waals surface area contributed by atoms with E-state index in [4.69, 9.17) is 5.73 Å². The molecule has 0 saturated carbocycles. The van der Waals surface area contributed by atoms with E-state index < -0.39 is 32.3 Å². The molecule has 0 bridgehead atoms. The van der Waals surface area contributed by atoms with Crippen molar-refractivity contribution < 1.29 is 57.2 Å². The zero-order valence-corrected chi connectivity index (χ0v) is 19.4. The maximum absolute atomic E-state index is 13.1. The molecule has 0 aromatic heterocycles. The van der Waals surface area contributed by atoms with Crippen LogP contribution in [0.2, 0.25) is 0 Å². The topological polar surface area (TPSA) is 150 Å². The van der Waals surface area contributed by atoms with Gasteiger partial charge in [0.05, 0.1) is 22.5 Å². The molecule has 0 aliphatic heterocycles. The SMILES string of the molecule is Cc1ccc(Nc2cc([O-])c(N)c3c2C(=O)c2ccccc2C3=O)c(S(=O)(=O)O)c1.[Na+]. The average Bonchev–Trinajstić information content (AvgIpc) is 2.69. The molecule has 0 fully saturated rings. The van der Waals surface area contributed by atoms with Crippen LogP contribution in [0.5, 0.6) is 5.75 Å². The number of carbonyl (C=O) groups excluding carboxylic acids is 2. The van der Waals surface area contributed by atoms with Gasteiger partial charge in [-0.2, -0.15) is 8.42 Å². The first-order valence-corrected chi connectivity index (χ1v) is 10.2. The molecule has 1 aliphatic rings. The monoisotopic (exact) mass is 446 g/mol. The van der Waals surface area contributed by atoms with Crippen LogP contribution in [0, 0.1) is 6.92 Å². The van der Waals surface area contributed by atoms with E-state index in [0.717, 1.165) is 6.07 Å². The van der Waals surface area contributed by atoms with Gasteiger partial charge in [0.1, 0.15) is 4.90 Å². The van der Waals surface area contributed by atoms with Crippen molar-refractivity contribution in [2.24, 2.45) is 0 Å². The normalized spacial score (nSPS) is 12.6. The van der Waals surface area contributed by atoms with Crippen molar-refractivity contribution >= 4 is 38.7 Å². The molecule has 0 saturated heterocycles. The molecule has 0 spiro atoms. The Hall–Kier alpha value is -2.69. The van der Waals surface area contributed by atoms with Crippen LogP contribution in [0.15, 0.2) is 53.4 Å². The molecule has 1 aliphatic carbocycles. The molecule has 0 amide bonds. The van der Waals surface area contributed by atoms with E-state index in [1.165, 1.54) is 24.3 Å². The second-order valence-electron chi connectivity index (χ2n) is 6.89. The number of benzene rings is 3. The van der Waals surface area contributed by atoms with Crippen molar-refractivity contribution in [1.29, 1.82) is 0 Å². The standard InChI is InChI=1S/C21H16N2O6S.Na/c1-10-6-7-13(16(8-10)30(27,28)29)23-14-9-15(24)19(22)18-17(14)20(25)11-4-2-3-5-12(11)21(18)26;/h2-9,23-24H,22H2,1H3,(H,27,28,29);/q;+1/p-1. The first kappa shape index (κ1) is 23.0. The summed E-state index contributed by atoms with van der Waals surface area (Å²) in [4.78, 5) is 25.7. The van der Waals surface area contributed by atoms with Crippen molar-refractivity contribution in [3.8, 4) is 5.75 Å². The number of nitrogens with two attached hydrogens (primary N) is 1. The third-order valence-corrected chi connectivity index (χ3v) is 5.78. The Labute approximate surface area is 200 Å². The Morgan fingerprint density at radius 3 is 2.10 bits per heavy atom. The fourth-order valence-electron chi connectivity index (χ4n) is 3.48. The number of aryl methyl sites for hydroxylation is 1. The van der Waals surface area contributed by atoms with Crippen molar-refractivity contribution in [1.82, 2.24) is 0 Å². The number of rotatable bonds is 3. The van der Waals surface area contributed by atoms with E-state index in [-0.39, 0.29) is 68.9 Å². The van der Waals surface area contributed by atoms with E-state index in [1.54, 1.807) is 25.1 Å².